The van der Waals surface area contributed by atoms with Crippen molar-refractivity contribution in [2.75, 3.05) is 6.54 Å². The van der Waals surface area contributed by atoms with Crippen molar-refractivity contribution in [2.24, 2.45) is 0 Å². The predicted octanol–water partition coefficient (Wildman–Crippen LogP) is 2.51. The molecule has 1 heterocycles. The fourth-order valence-corrected chi connectivity index (χ4v) is 3.24. The highest BCUT2D eigenvalue weighted by molar-refractivity contribution is 7.90. The van der Waals surface area contributed by atoms with Gasteiger partial charge < -0.3 is 5.32 Å². The van der Waals surface area contributed by atoms with E-state index in [9.17, 15) is 26.4 Å². The van der Waals surface area contributed by atoms with Gasteiger partial charge in [-0.3, -0.25) is 4.79 Å². The molecule has 2 rings (SSSR count). The SMILES string of the molecule is CC(CNC(=O)C(F)(F)F)c1ccn(S(=O)(=O)c2ccccc2)c1. The third kappa shape index (κ3) is 3.97. The number of halogens is 3. The molecular formula is C15H15F3N2O3S. The highest BCUT2D eigenvalue weighted by Gasteiger charge is 2.38. The zero-order valence-electron chi connectivity index (χ0n) is 12.6. The van der Waals surface area contributed by atoms with Gasteiger partial charge in [-0.15, -0.1) is 0 Å². The molecule has 5 nitrogen and oxygen atoms in total. The number of rotatable bonds is 5. The van der Waals surface area contributed by atoms with E-state index in [-0.39, 0.29) is 11.4 Å². The third-order valence-corrected chi connectivity index (χ3v) is 5.05. The molecule has 0 aliphatic rings. The maximum Gasteiger partial charge on any atom is 0.471 e. The van der Waals surface area contributed by atoms with Gasteiger partial charge in [0.1, 0.15) is 0 Å². The number of hydrogen-bond acceptors (Lipinski definition) is 3. The molecule has 1 amide bonds. The first-order chi connectivity index (χ1) is 11.1. The first-order valence-electron chi connectivity index (χ1n) is 6.96. The average Bonchev–Trinajstić information content (AvgIpc) is 3.03. The highest BCUT2D eigenvalue weighted by atomic mass is 32.2. The Hall–Kier alpha value is -2.29. The molecule has 9 heteroatoms. The molecule has 2 aromatic rings. The molecular weight excluding hydrogens is 345 g/mol. The van der Waals surface area contributed by atoms with E-state index in [1.165, 1.54) is 30.6 Å². The number of aromatic nitrogens is 1. The number of nitrogens with zero attached hydrogens (tertiary/aromatic N) is 1. The zero-order chi connectivity index (χ0) is 18.0. The van der Waals surface area contributed by atoms with Crippen LogP contribution in [0.2, 0.25) is 0 Å². The molecule has 0 aliphatic heterocycles. The summed E-state index contributed by atoms with van der Waals surface area (Å²) in [4.78, 5) is 10.9. The monoisotopic (exact) mass is 360 g/mol. The Morgan fingerprint density at radius 3 is 2.42 bits per heavy atom. The molecule has 0 saturated carbocycles. The van der Waals surface area contributed by atoms with Gasteiger partial charge in [0.25, 0.3) is 10.0 Å². The summed E-state index contributed by atoms with van der Waals surface area (Å²) in [6.07, 6.45) is -2.30. The Labute approximate surface area is 137 Å². The number of amides is 1. The van der Waals surface area contributed by atoms with Crippen molar-refractivity contribution in [3.05, 3.63) is 54.4 Å². The van der Waals surface area contributed by atoms with Crippen molar-refractivity contribution in [3.8, 4) is 0 Å². The van der Waals surface area contributed by atoms with E-state index in [0.29, 0.717) is 5.56 Å². The first kappa shape index (κ1) is 18.1. The van der Waals surface area contributed by atoms with Gasteiger partial charge >= 0.3 is 12.1 Å². The molecule has 0 fully saturated rings. The van der Waals surface area contributed by atoms with E-state index >= 15 is 0 Å². The number of carbonyl (C=O) groups excluding carboxylic acids is 1. The molecule has 1 N–H and O–H groups in total. The Morgan fingerprint density at radius 2 is 1.83 bits per heavy atom. The van der Waals surface area contributed by atoms with Crippen LogP contribution < -0.4 is 5.32 Å². The van der Waals surface area contributed by atoms with Crippen LogP contribution >= 0.6 is 0 Å². The Balaban J connectivity index is 2.12. The lowest BCUT2D eigenvalue weighted by Crippen LogP contribution is -2.38. The predicted molar refractivity (Wildman–Crippen MR) is 80.9 cm³/mol. The van der Waals surface area contributed by atoms with Crippen LogP contribution in [0.5, 0.6) is 0 Å². The molecule has 0 spiro atoms. The van der Waals surface area contributed by atoms with E-state index in [1.54, 1.807) is 30.4 Å². The van der Waals surface area contributed by atoms with E-state index in [0.717, 1.165) is 3.97 Å². The summed E-state index contributed by atoms with van der Waals surface area (Å²) in [5, 5.41) is 1.78. The normalized spacial score (nSPS) is 13.5. The highest BCUT2D eigenvalue weighted by Crippen LogP contribution is 2.20. The maximum atomic E-state index is 12.4. The molecule has 0 aliphatic carbocycles. The number of benzene rings is 1. The smallest absolute Gasteiger partial charge is 0.348 e. The number of alkyl halides is 3. The summed E-state index contributed by atoms with van der Waals surface area (Å²) in [5.74, 6) is -2.51. The second-order valence-corrected chi connectivity index (χ2v) is 7.04. The molecule has 1 aromatic heterocycles. The fraction of sp³-hybridized carbons (Fsp3) is 0.267. The van der Waals surface area contributed by atoms with Gasteiger partial charge in [-0.25, -0.2) is 12.4 Å². The lowest BCUT2D eigenvalue weighted by atomic mass is 10.1. The second-order valence-electron chi connectivity index (χ2n) is 5.20. The summed E-state index contributed by atoms with van der Waals surface area (Å²) in [6.45, 7) is 1.33. The topological polar surface area (TPSA) is 68.2 Å². The lowest BCUT2D eigenvalue weighted by molar-refractivity contribution is -0.173. The number of hydrogen-bond donors (Lipinski definition) is 1. The lowest BCUT2D eigenvalue weighted by Gasteiger charge is -2.12. The Kier molecular flexibility index (Phi) is 5.02. The summed E-state index contributed by atoms with van der Waals surface area (Å²) in [6, 6.07) is 9.25. The van der Waals surface area contributed by atoms with E-state index in [4.69, 9.17) is 0 Å². The van der Waals surface area contributed by atoms with Crippen molar-refractivity contribution in [1.29, 1.82) is 0 Å². The van der Waals surface area contributed by atoms with Gasteiger partial charge in [0.15, 0.2) is 0 Å². The number of nitrogens with one attached hydrogen (secondary N) is 1. The van der Waals surface area contributed by atoms with Crippen LogP contribution in [-0.4, -0.2) is 31.0 Å². The minimum atomic E-state index is -4.94. The van der Waals surface area contributed by atoms with Gasteiger partial charge in [0, 0.05) is 18.9 Å². The van der Waals surface area contributed by atoms with Crippen molar-refractivity contribution in [2.45, 2.75) is 23.9 Å². The van der Waals surface area contributed by atoms with Crippen molar-refractivity contribution in [1.82, 2.24) is 9.29 Å². The van der Waals surface area contributed by atoms with Gasteiger partial charge in [0.05, 0.1) is 4.90 Å². The average molecular weight is 360 g/mol. The Bertz CT molecular complexity index is 814. The molecule has 130 valence electrons. The first-order valence-corrected chi connectivity index (χ1v) is 8.40. The van der Waals surface area contributed by atoms with E-state index < -0.39 is 28.0 Å². The maximum absolute atomic E-state index is 12.4. The van der Waals surface area contributed by atoms with E-state index in [2.05, 4.69) is 0 Å². The van der Waals surface area contributed by atoms with Crippen LogP contribution in [-0.2, 0) is 14.8 Å². The second kappa shape index (κ2) is 6.68. The van der Waals surface area contributed by atoms with Crippen LogP contribution in [0.3, 0.4) is 0 Å². The molecule has 0 radical (unpaired) electrons. The van der Waals surface area contributed by atoms with Gasteiger partial charge in [-0.05, 0) is 29.7 Å². The summed E-state index contributed by atoms with van der Waals surface area (Å²) in [7, 11) is -3.76. The minimum absolute atomic E-state index is 0.102. The molecule has 1 aromatic carbocycles. The van der Waals surface area contributed by atoms with Crippen molar-refractivity contribution in [3.63, 3.8) is 0 Å². The largest absolute Gasteiger partial charge is 0.471 e. The zero-order valence-corrected chi connectivity index (χ0v) is 13.4. The van der Waals surface area contributed by atoms with Crippen LogP contribution in [0, 0.1) is 0 Å². The number of carbonyl (C=O) groups is 1. The standard InChI is InChI=1S/C15H15F3N2O3S/c1-11(9-19-14(21)15(16,17)18)12-7-8-20(10-12)24(22,23)13-5-3-2-4-6-13/h2-8,10-11H,9H2,1H3,(H,19,21). The summed E-state index contributed by atoms with van der Waals surface area (Å²) >= 11 is 0. The molecule has 24 heavy (non-hydrogen) atoms. The van der Waals surface area contributed by atoms with Gasteiger partial charge in [-0.1, -0.05) is 25.1 Å². The van der Waals surface area contributed by atoms with Crippen LogP contribution in [0.25, 0.3) is 0 Å². The van der Waals surface area contributed by atoms with Crippen molar-refractivity contribution >= 4 is 15.9 Å². The minimum Gasteiger partial charge on any atom is -0.348 e. The molecule has 0 bridgehead atoms. The molecule has 0 saturated heterocycles. The fourth-order valence-electron chi connectivity index (χ4n) is 2.01. The van der Waals surface area contributed by atoms with Crippen LogP contribution in [0.15, 0.2) is 53.7 Å². The van der Waals surface area contributed by atoms with E-state index in [1.807, 2.05) is 0 Å². The summed E-state index contributed by atoms with van der Waals surface area (Å²) in [5.41, 5.74) is 0.497. The molecule has 1 atom stereocenters. The Morgan fingerprint density at radius 1 is 1.21 bits per heavy atom. The summed E-state index contributed by atoms with van der Waals surface area (Å²) < 4.78 is 62.3. The third-order valence-electron chi connectivity index (χ3n) is 3.40. The quantitative estimate of drug-likeness (QED) is 0.891. The van der Waals surface area contributed by atoms with Crippen molar-refractivity contribution < 1.29 is 26.4 Å². The van der Waals surface area contributed by atoms with Crippen LogP contribution in [0.1, 0.15) is 18.4 Å². The van der Waals surface area contributed by atoms with Gasteiger partial charge in [-0.2, -0.15) is 13.2 Å². The van der Waals surface area contributed by atoms with Crippen LogP contribution in [0.4, 0.5) is 13.2 Å². The van der Waals surface area contributed by atoms with Gasteiger partial charge in [0.2, 0.25) is 0 Å². The molecule has 1 unspecified atom stereocenters.